The Morgan fingerprint density at radius 3 is 2.29 bits per heavy atom. The van der Waals surface area contributed by atoms with Crippen LogP contribution < -0.4 is 10.1 Å². The maximum Gasteiger partial charge on any atom is 0.251 e. The van der Waals surface area contributed by atoms with Crippen molar-refractivity contribution in [1.29, 1.82) is 0 Å². The standard InChI is InChI=1S/C17H18BrNO4S/c1-11(13-6-9-16(23-2)15(18)10-13)19-17(20)12-4-7-14(8-5-12)24(3,21)22/h4-11H,1-3H3,(H,19,20)/t11-/m1/s1. The van der Waals surface area contributed by atoms with E-state index in [0.29, 0.717) is 11.3 Å². The highest BCUT2D eigenvalue weighted by Crippen LogP contribution is 2.28. The van der Waals surface area contributed by atoms with E-state index in [9.17, 15) is 13.2 Å². The van der Waals surface area contributed by atoms with E-state index in [1.807, 2.05) is 25.1 Å². The zero-order valence-corrected chi connectivity index (χ0v) is 15.9. The molecule has 2 aromatic carbocycles. The molecule has 0 spiro atoms. The van der Waals surface area contributed by atoms with Crippen LogP contribution in [0.25, 0.3) is 0 Å². The second kappa shape index (κ2) is 7.36. The number of carbonyl (C=O) groups is 1. The molecule has 1 N–H and O–H groups in total. The van der Waals surface area contributed by atoms with Gasteiger partial charge in [0.1, 0.15) is 5.75 Å². The summed E-state index contributed by atoms with van der Waals surface area (Å²) in [6.45, 7) is 1.87. The molecule has 7 heteroatoms. The summed E-state index contributed by atoms with van der Waals surface area (Å²) in [5, 5.41) is 2.89. The van der Waals surface area contributed by atoms with E-state index in [0.717, 1.165) is 16.3 Å². The average molecular weight is 412 g/mol. The Morgan fingerprint density at radius 1 is 1.17 bits per heavy atom. The zero-order valence-electron chi connectivity index (χ0n) is 13.5. The summed E-state index contributed by atoms with van der Waals surface area (Å²) in [5.41, 5.74) is 1.32. The highest BCUT2D eigenvalue weighted by molar-refractivity contribution is 9.10. The third kappa shape index (κ3) is 4.36. The van der Waals surface area contributed by atoms with Crippen LogP contribution in [0.2, 0.25) is 0 Å². The molecule has 0 saturated heterocycles. The number of sulfone groups is 1. The van der Waals surface area contributed by atoms with Crippen molar-refractivity contribution in [3.63, 3.8) is 0 Å². The van der Waals surface area contributed by atoms with Crippen molar-refractivity contribution in [2.75, 3.05) is 13.4 Å². The molecule has 1 atom stereocenters. The van der Waals surface area contributed by atoms with Gasteiger partial charge < -0.3 is 10.1 Å². The molecule has 0 aliphatic carbocycles. The van der Waals surface area contributed by atoms with E-state index in [1.54, 1.807) is 7.11 Å². The second-order valence-electron chi connectivity index (χ2n) is 5.39. The lowest BCUT2D eigenvalue weighted by Gasteiger charge is -2.16. The minimum absolute atomic E-state index is 0.186. The first-order chi connectivity index (χ1) is 11.2. The summed E-state index contributed by atoms with van der Waals surface area (Å²) in [5.74, 6) is 0.447. The predicted molar refractivity (Wildman–Crippen MR) is 96.1 cm³/mol. The van der Waals surface area contributed by atoms with E-state index in [1.165, 1.54) is 24.3 Å². The lowest BCUT2D eigenvalue weighted by molar-refractivity contribution is 0.0940. The lowest BCUT2D eigenvalue weighted by atomic mass is 10.1. The first-order valence-corrected chi connectivity index (χ1v) is 9.85. The van der Waals surface area contributed by atoms with E-state index in [4.69, 9.17) is 4.74 Å². The quantitative estimate of drug-likeness (QED) is 0.818. The maximum atomic E-state index is 12.3. The molecule has 5 nitrogen and oxygen atoms in total. The Labute approximate surface area is 150 Å². The van der Waals surface area contributed by atoms with Crippen LogP contribution in [0.5, 0.6) is 5.75 Å². The third-order valence-electron chi connectivity index (χ3n) is 3.57. The first kappa shape index (κ1) is 18.5. The maximum absolute atomic E-state index is 12.3. The van der Waals surface area contributed by atoms with Gasteiger partial charge in [-0.05, 0) is 64.8 Å². The highest BCUT2D eigenvalue weighted by Gasteiger charge is 2.14. The molecule has 0 aliphatic rings. The molecule has 0 aromatic heterocycles. The Balaban J connectivity index is 2.12. The normalized spacial score (nSPS) is 12.5. The number of benzene rings is 2. The van der Waals surface area contributed by atoms with Gasteiger partial charge >= 0.3 is 0 Å². The predicted octanol–water partition coefficient (Wildman–Crippen LogP) is 3.35. The number of rotatable bonds is 5. The molecule has 24 heavy (non-hydrogen) atoms. The molecule has 0 bridgehead atoms. The minimum atomic E-state index is -3.27. The number of ether oxygens (including phenoxy) is 1. The number of hydrogen-bond donors (Lipinski definition) is 1. The summed E-state index contributed by atoms with van der Waals surface area (Å²) in [6.07, 6.45) is 1.13. The van der Waals surface area contributed by atoms with Crippen molar-refractivity contribution in [2.24, 2.45) is 0 Å². The summed E-state index contributed by atoms with van der Waals surface area (Å²) in [4.78, 5) is 12.5. The van der Waals surface area contributed by atoms with Crippen molar-refractivity contribution >= 4 is 31.7 Å². The molecule has 2 aromatic rings. The largest absolute Gasteiger partial charge is 0.496 e. The fraction of sp³-hybridized carbons (Fsp3) is 0.235. The molecule has 0 unspecified atom stereocenters. The summed E-state index contributed by atoms with van der Waals surface area (Å²) >= 11 is 3.42. The molecule has 1 amide bonds. The van der Waals surface area contributed by atoms with Gasteiger partial charge in [-0.15, -0.1) is 0 Å². The van der Waals surface area contributed by atoms with Gasteiger partial charge in [-0.2, -0.15) is 0 Å². The molecule has 0 saturated carbocycles. The monoisotopic (exact) mass is 411 g/mol. The molecule has 0 fully saturated rings. The molecular formula is C17H18BrNO4S. The van der Waals surface area contributed by atoms with E-state index in [-0.39, 0.29) is 16.8 Å². The van der Waals surface area contributed by atoms with Gasteiger partial charge in [0.05, 0.1) is 22.5 Å². The van der Waals surface area contributed by atoms with Gasteiger partial charge in [-0.1, -0.05) is 6.07 Å². The van der Waals surface area contributed by atoms with Crippen molar-refractivity contribution in [2.45, 2.75) is 17.9 Å². The zero-order chi connectivity index (χ0) is 17.9. The Morgan fingerprint density at radius 2 is 1.79 bits per heavy atom. The highest BCUT2D eigenvalue weighted by atomic mass is 79.9. The Hall–Kier alpha value is -1.86. The summed E-state index contributed by atoms with van der Waals surface area (Å²) in [7, 11) is -1.68. The van der Waals surface area contributed by atoms with Crippen molar-refractivity contribution in [3.8, 4) is 5.75 Å². The van der Waals surface area contributed by atoms with Crippen molar-refractivity contribution in [1.82, 2.24) is 5.32 Å². The number of methoxy groups -OCH3 is 1. The minimum Gasteiger partial charge on any atom is -0.496 e. The molecule has 2 rings (SSSR count). The van der Waals surface area contributed by atoms with Crippen molar-refractivity contribution in [3.05, 3.63) is 58.1 Å². The fourth-order valence-corrected chi connectivity index (χ4v) is 3.36. The number of amides is 1. The summed E-state index contributed by atoms with van der Waals surface area (Å²) in [6, 6.07) is 11.2. The van der Waals surface area contributed by atoms with E-state index in [2.05, 4.69) is 21.2 Å². The number of carbonyl (C=O) groups excluding carboxylic acids is 1. The Kier molecular flexibility index (Phi) is 5.66. The van der Waals surface area contributed by atoms with E-state index < -0.39 is 9.84 Å². The van der Waals surface area contributed by atoms with Gasteiger partial charge in [-0.3, -0.25) is 4.79 Å². The average Bonchev–Trinajstić information content (AvgIpc) is 2.54. The topological polar surface area (TPSA) is 72.5 Å². The number of nitrogens with one attached hydrogen (secondary N) is 1. The Bertz CT molecular complexity index is 847. The number of halogens is 1. The van der Waals surface area contributed by atoms with Crippen LogP contribution in [-0.2, 0) is 9.84 Å². The smallest absolute Gasteiger partial charge is 0.251 e. The van der Waals surface area contributed by atoms with Crippen LogP contribution in [0, 0.1) is 0 Å². The van der Waals surface area contributed by atoms with Gasteiger partial charge in [-0.25, -0.2) is 8.42 Å². The van der Waals surface area contributed by atoms with Crippen molar-refractivity contribution < 1.29 is 17.9 Å². The number of hydrogen-bond acceptors (Lipinski definition) is 4. The van der Waals surface area contributed by atoms with Gasteiger partial charge in [0.15, 0.2) is 9.84 Å². The van der Waals surface area contributed by atoms with Gasteiger partial charge in [0.25, 0.3) is 5.91 Å². The van der Waals surface area contributed by atoms with Crippen LogP contribution in [0.15, 0.2) is 51.8 Å². The summed E-state index contributed by atoms with van der Waals surface area (Å²) < 4.78 is 28.9. The first-order valence-electron chi connectivity index (χ1n) is 7.17. The van der Waals surface area contributed by atoms with Crippen LogP contribution in [-0.4, -0.2) is 27.7 Å². The molecular weight excluding hydrogens is 394 g/mol. The van der Waals surface area contributed by atoms with Gasteiger partial charge in [0, 0.05) is 11.8 Å². The molecule has 0 radical (unpaired) electrons. The molecule has 128 valence electrons. The second-order valence-corrected chi connectivity index (χ2v) is 8.26. The van der Waals surface area contributed by atoms with Crippen LogP contribution in [0.1, 0.15) is 28.9 Å². The van der Waals surface area contributed by atoms with Crippen LogP contribution >= 0.6 is 15.9 Å². The lowest BCUT2D eigenvalue weighted by Crippen LogP contribution is -2.26. The molecule has 0 aliphatic heterocycles. The van der Waals surface area contributed by atoms with Crippen LogP contribution in [0.4, 0.5) is 0 Å². The van der Waals surface area contributed by atoms with Gasteiger partial charge in [0.2, 0.25) is 0 Å². The molecule has 0 heterocycles. The fourth-order valence-electron chi connectivity index (χ4n) is 2.17. The van der Waals surface area contributed by atoms with Crippen LogP contribution in [0.3, 0.4) is 0 Å². The SMILES string of the molecule is COc1ccc([C@@H](C)NC(=O)c2ccc(S(C)(=O)=O)cc2)cc1Br. The third-order valence-corrected chi connectivity index (χ3v) is 5.32. The van der Waals surface area contributed by atoms with E-state index >= 15 is 0 Å².